The summed E-state index contributed by atoms with van der Waals surface area (Å²) >= 11 is 0. The Morgan fingerprint density at radius 3 is 2.44 bits per heavy atom. The van der Waals surface area contributed by atoms with Gasteiger partial charge < -0.3 is 34.6 Å². The van der Waals surface area contributed by atoms with E-state index >= 15 is 0 Å². The molecule has 7 heteroatoms. The summed E-state index contributed by atoms with van der Waals surface area (Å²) in [5.41, 5.74) is 5.13. The molecule has 1 saturated heterocycles. The van der Waals surface area contributed by atoms with E-state index in [1.54, 1.807) is 0 Å². The van der Waals surface area contributed by atoms with Gasteiger partial charge in [0, 0.05) is 6.42 Å². The predicted molar refractivity (Wildman–Crippen MR) is 133 cm³/mol. The van der Waals surface area contributed by atoms with Crippen LogP contribution in [0.4, 0.5) is 0 Å². The molecule has 0 saturated carbocycles. The monoisotopic (exact) mass is 492 g/mol. The van der Waals surface area contributed by atoms with Gasteiger partial charge in [-0.2, -0.15) is 0 Å². The van der Waals surface area contributed by atoms with Gasteiger partial charge in [0.2, 0.25) is 0 Å². The van der Waals surface area contributed by atoms with Gasteiger partial charge in [-0.15, -0.1) is 0 Å². The second kappa shape index (κ2) is 10.6. The van der Waals surface area contributed by atoms with E-state index in [1.165, 1.54) is 5.56 Å². The smallest absolute Gasteiger partial charge is 0.137 e. The molecule has 0 amide bonds. The summed E-state index contributed by atoms with van der Waals surface area (Å²) in [5, 5.41) is 40.2. The fraction of sp³-hybridized carbons (Fsp3) is 0.379. The van der Waals surface area contributed by atoms with E-state index < -0.39 is 37.1 Å². The quantitative estimate of drug-likeness (QED) is 0.401. The lowest BCUT2D eigenvalue weighted by atomic mass is 9.89. The van der Waals surface area contributed by atoms with Crippen LogP contribution in [0.2, 0.25) is 0 Å². The Hall–Kier alpha value is -2.94. The van der Waals surface area contributed by atoms with E-state index in [9.17, 15) is 20.4 Å². The number of aliphatic hydroxyl groups excluding tert-OH is 4. The van der Waals surface area contributed by atoms with Gasteiger partial charge in [0.05, 0.1) is 6.61 Å². The average molecular weight is 493 g/mol. The summed E-state index contributed by atoms with van der Waals surface area (Å²) in [7, 11) is 0. The van der Waals surface area contributed by atoms with Crippen LogP contribution in [0.1, 0.15) is 33.9 Å². The maximum Gasteiger partial charge on any atom is 0.137 e. The molecule has 190 valence electrons. The summed E-state index contributed by atoms with van der Waals surface area (Å²) in [6.07, 6.45) is -4.34. The van der Waals surface area contributed by atoms with E-state index in [-0.39, 0.29) is 6.10 Å². The minimum atomic E-state index is -1.40. The highest BCUT2D eigenvalue weighted by Gasteiger charge is 2.44. The molecule has 6 atom stereocenters. The van der Waals surface area contributed by atoms with Gasteiger partial charge in [-0.3, -0.25) is 0 Å². The minimum absolute atomic E-state index is 0.00915. The van der Waals surface area contributed by atoms with Gasteiger partial charge in [0.15, 0.2) is 0 Å². The van der Waals surface area contributed by atoms with Crippen molar-refractivity contribution in [2.75, 3.05) is 13.2 Å². The maximum absolute atomic E-state index is 10.5. The zero-order valence-electron chi connectivity index (χ0n) is 20.2. The number of aryl methyl sites for hydroxylation is 1. The van der Waals surface area contributed by atoms with Crippen LogP contribution < -0.4 is 9.47 Å². The first-order chi connectivity index (χ1) is 17.4. The predicted octanol–water partition coefficient (Wildman–Crippen LogP) is 2.48. The number of para-hydroxylation sites is 1. The summed E-state index contributed by atoms with van der Waals surface area (Å²) in [6.45, 7) is 2.05. The van der Waals surface area contributed by atoms with Crippen molar-refractivity contribution >= 4 is 0 Å². The molecule has 2 unspecified atom stereocenters. The molecule has 2 aliphatic heterocycles. The molecule has 2 heterocycles. The third kappa shape index (κ3) is 5.12. The maximum atomic E-state index is 10.5. The first kappa shape index (κ1) is 24.7. The lowest BCUT2D eigenvalue weighted by Gasteiger charge is -2.40. The highest BCUT2D eigenvalue weighted by molar-refractivity contribution is 5.39. The summed E-state index contributed by atoms with van der Waals surface area (Å²) in [6, 6.07) is 21.8. The van der Waals surface area contributed by atoms with Crippen LogP contribution in [0.25, 0.3) is 0 Å². The highest BCUT2D eigenvalue weighted by atomic mass is 16.5. The third-order valence-electron chi connectivity index (χ3n) is 7.06. The zero-order chi connectivity index (χ0) is 25.2. The Kier molecular flexibility index (Phi) is 7.27. The van der Waals surface area contributed by atoms with Crippen LogP contribution in [-0.2, 0) is 17.6 Å². The normalized spacial score (nSPS) is 27.4. The van der Waals surface area contributed by atoms with Crippen LogP contribution in [0.3, 0.4) is 0 Å². The number of benzene rings is 3. The van der Waals surface area contributed by atoms with E-state index in [2.05, 4.69) is 6.07 Å². The number of ether oxygens (including phenoxy) is 3. The number of hydrogen-bond donors (Lipinski definition) is 4. The Morgan fingerprint density at radius 1 is 0.917 bits per heavy atom. The van der Waals surface area contributed by atoms with E-state index in [0.717, 1.165) is 34.6 Å². The van der Waals surface area contributed by atoms with Crippen molar-refractivity contribution in [3.05, 3.63) is 94.5 Å². The summed E-state index contributed by atoms with van der Waals surface area (Å²) in [5.74, 6) is 1.72. The first-order valence-electron chi connectivity index (χ1n) is 12.3. The number of fused-ring (bicyclic) bond motifs is 1. The molecule has 0 spiro atoms. The molecule has 4 N–H and O–H groups in total. The van der Waals surface area contributed by atoms with Crippen LogP contribution in [0.15, 0.2) is 66.7 Å². The first-order valence-corrected chi connectivity index (χ1v) is 12.3. The van der Waals surface area contributed by atoms with Gasteiger partial charge in [0.1, 0.15) is 54.7 Å². The van der Waals surface area contributed by atoms with Crippen molar-refractivity contribution < 1.29 is 34.6 Å². The van der Waals surface area contributed by atoms with Crippen LogP contribution in [-0.4, -0.2) is 64.2 Å². The van der Waals surface area contributed by atoms with E-state index in [4.69, 9.17) is 14.2 Å². The molecule has 0 radical (unpaired) electrons. The second-order valence-electron chi connectivity index (χ2n) is 9.62. The van der Waals surface area contributed by atoms with Gasteiger partial charge in [0.25, 0.3) is 0 Å². The number of hydrogen-bond acceptors (Lipinski definition) is 7. The molecule has 1 fully saturated rings. The SMILES string of the molecule is Cc1ccc([C@@H]2O[C@H](CO)[C@@H](O)C(O)[C@H]2O)cc1Cc1ccc(OCC2Cc3ccccc3O2)cc1. The van der Waals surface area contributed by atoms with Crippen molar-refractivity contribution in [1.29, 1.82) is 0 Å². The topological polar surface area (TPSA) is 109 Å². The molecule has 0 aromatic heterocycles. The molecular formula is C29H32O7. The van der Waals surface area contributed by atoms with Gasteiger partial charge >= 0.3 is 0 Å². The van der Waals surface area contributed by atoms with Crippen LogP contribution >= 0.6 is 0 Å². The van der Waals surface area contributed by atoms with Gasteiger partial charge in [-0.1, -0.05) is 48.5 Å². The number of aliphatic hydroxyl groups is 4. The molecule has 0 aliphatic carbocycles. The minimum Gasteiger partial charge on any atom is -0.490 e. The molecule has 5 rings (SSSR count). The summed E-state index contributed by atoms with van der Waals surface area (Å²) < 4.78 is 17.6. The van der Waals surface area contributed by atoms with Crippen molar-refractivity contribution in [2.24, 2.45) is 0 Å². The van der Waals surface area contributed by atoms with Crippen molar-refractivity contribution in [3.8, 4) is 11.5 Å². The average Bonchev–Trinajstić information content (AvgIpc) is 3.32. The van der Waals surface area contributed by atoms with E-state index in [0.29, 0.717) is 18.6 Å². The Morgan fingerprint density at radius 2 is 1.69 bits per heavy atom. The molecule has 3 aromatic carbocycles. The Labute approximate surface area is 210 Å². The van der Waals surface area contributed by atoms with Gasteiger partial charge in [-0.25, -0.2) is 0 Å². The van der Waals surface area contributed by atoms with Crippen molar-refractivity contribution in [2.45, 2.75) is 56.4 Å². The zero-order valence-corrected chi connectivity index (χ0v) is 20.2. The molecule has 0 bridgehead atoms. The number of rotatable bonds is 7. The fourth-order valence-electron chi connectivity index (χ4n) is 4.90. The molecule has 3 aromatic rings. The van der Waals surface area contributed by atoms with E-state index in [1.807, 2.05) is 67.6 Å². The highest BCUT2D eigenvalue weighted by Crippen LogP contribution is 2.34. The molecule has 7 nitrogen and oxygen atoms in total. The second-order valence-corrected chi connectivity index (χ2v) is 9.62. The summed E-state index contributed by atoms with van der Waals surface area (Å²) in [4.78, 5) is 0. The third-order valence-corrected chi connectivity index (χ3v) is 7.06. The lowest BCUT2D eigenvalue weighted by molar-refractivity contribution is -0.231. The lowest BCUT2D eigenvalue weighted by Crippen LogP contribution is -2.55. The Balaban J connectivity index is 1.22. The van der Waals surface area contributed by atoms with Crippen LogP contribution in [0.5, 0.6) is 11.5 Å². The van der Waals surface area contributed by atoms with Crippen LogP contribution in [0, 0.1) is 6.92 Å². The molecule has 2 aliphatic rings. The van der Waals surface area contributed by atoms with Crippen molar-refractivity contribution in [3.63, 3.8) is 0 Å². The molecular weight excluding hydrogens is 460 g/mol. The molecule has 36 heavy (non-hydrogen) atoms. The largest absolute Gasteiger partial charge is 0.490 e. The Bertz CT molecular complexity index is 1150. The fourth-order valence-corrected chi connectivity index (χ4v) is 4.90. The standard InChI is InChI=1S/C29H32O7/c1-17-6-9-20(29-28(33)27(32)26(31)25(15-30)36-29)13-21(17)12-18-7-10-22(11-8-18)34-16-23-14-19-4-2-3-5-24(19)35-23/h2-11,13,23,25-33H,12,14-16H2,1H3/t23?,25-,26-,27?,28-,29+/m1/s1. The van der Waals surface area contributed by atoms with Gasteiger partial charge in [-0.05, 0) is 59.4 Å². The van der Waals surface area contributed by atoms with Crippen molar-refractivity contribution in [1.82, 2.24) is 0 Å².